The van der Waals surface area contributed by atoms with Crippen molar-refractivity contribution in [1.29, 1.82) is 0 Å². The predicted octanol–water partition coefficient (Wildman–Crippen LogP) is 2.69. The number of aliphatic hydroxyl groups is 1. The standard InChI is InChI=1S/C25H30N2O6S/c1-17-23(12-14-27-13-11-21(28)16-27)26-25(33-17,15-24(29)30)20-7-3-18(4-8-20)19-5-9-22(10-6-19)34(2,31)32/h3-10,21,26,28H,11-16H2,1-2H3,(H,29,30)/t21-,25?/m0/s1. The molecule has 2 aromatic rings. The third-order valence-electron chi connectivity index (χ3n) is 6.40. The summed E-state index contributed by atoms with van der Waals surface area (Å²) in [6.45, 7) is 4.09. The van der Waals surface area contributed by atoms with Crippen LogP contribution in [0.3, 0.4) is 0 Å². The maximum Gasteiger partial charge on any atom is 0.309 e. The highest BCUT2D eigenvalue weighted by Gasteiger charge is 2.43. The number of hydrogen-bond donors (Lipinski definition) is 3. The molecule has 8 nitrogen and oxygen atoms in total. The van der Waals surface area contributed by atoms with Crippen molar-refractivity contribution in [1.82, 2.24) is 10.2 Å². The van der Waals surface area contributed by atoms with E-state index in [2.05, 4.69) is 10.2 Å². The highest BCUT2D eigenvalue weighted by atomic mass is 32.2. The van der Waals surface area contributed by atoms with Crippen molar-refractivity contribution in [3.05, 3.63) is 65.6 Å². The van der Waals surface area contributed by atoms with Crippen LogP contribution in [0.5, 0.6) is 0 Å². The number of allylic oxidation sites excluding steroid dienone is 1. The van der Waals surface area contributed by atoms with Gasteiger partial charge >= 0.3 is 5.97 Å². The van der Waals surface area contributed by atoms with Gasteiger partial charge in [-0.15, -0.1) is 0 Å². The number of carboxylic acids is 1. The Morgan fingerprint density at radius 3 is 2.29 bits per heavy atom. The van der Waals surface area contributed by atoms with E-state index < -0.39 is 21.5 Å². The first-order chi connectivity index (χ1) is 16.1. The molecule has 4 rings (SSSR count). The Balaban J connectivity index is 1.52. The van der Waals surface area contributed by atoms with Crippen molar-refractivity contribution in [3.63, 3.8) is 0 Å². The minimum Gasteiger partial charge on any atom is -0.481 e. The monoisotopic (exact) mass is 486 g/mol. The fraction of sp³-hybridized carbons (Fsp3) is 0.400. The Kier molecular flexibility index (Phi) is 6.71. The highest BCUT2D eigenvalue weighted by molar-refractivity contribution is 7.90. The topological polar surface area (TPSA) is 116 Å². The van der Waals surface area contributed by atoms with Gasteiger partial charge in [-0.25, -0.2) is 8.42 Å². The molecule has 2 atom stereocenters. The zero-order chi connectivity index (χ0) is 24.5. The van der Waals surface area contributed by atoms with E-state index in [1.54, 1.807) is 24.3 Å². The van der Waals surface area contributed by atoms with Gasteiger partial charge in [-0.05, 0) is 36.6 Å². The van der Waals surface area contributed by atoms with Gasteiger partial charge in [-0.2, -0.15) is 0 Å². The van der Waals surface area contributed by atoms with Crippen LogP contribution in [0, 0.1) is 0 Å². The van der Waals surface area contributed by atoms with Gasteiger partial charge in [-0.3, -0.25) is 4.79 Å². The molecule has 2 aliphatic rings. The van der Waals surface area contributed by atoms with E-state index in [0.29, 0.717) is 24.3 Å². The van der Waals surface area contributed by atoms with Gasteiger partial charge in [0.25, 0.3) is 0 Å². The summed E-state index contributed by atoms with van der Waals surface area (Å²) in [6.07, 6.45) is 2.08. The number of rotatable bonds is 8. The molecule has 0 aromatic heterocycles. The molecule has 2 aliphatic heterocycles. The van der Waals surface area contributed by atoms with Crippen LogP contribution in [-0.4, -0.2) is 61.5 Å². The summed E-state index contributed by atoms with van der Waals surface area (Å²) < 4.78 is 29.5. The lowest BCUT2D eigenvalue weighted by atomic mass is 9.96. The first-order valence-corrected chi connectivity index (χ1v) is 13.1. The Bertz CT molecular complexity index is 1190. The third-order valence-corrected chi connectivity index (χ3v) is 7.53. The number of ether oxygens (including phenoxy) is 1. The molecule has 2 aromatic carbocycles. The van der Waals surface area contributed by atoms with Crippen LogP contribution in [0.4, 0.5) is 0 Å². The number of nitrogens with zero attached hydrogens (tertiary/aromatic N) is 1. The predicted molar refractivity (Wildman–Crippen MR) is 128 cm³/mol. The molecule has 0 saturated carbocycles. The van der Waals surface area contributed by atoms with E-state index in [1.807, 2.05) is 31.2 Å². The minimum absolute atomic E-state index is 0.251. The van der Waals surface area contributed by atoms with E-state index in [9.17, 15) is 23.4 Å². The van der Waals surface area contributed by atoms with Crippen LogP contribution < -0.4 is 5.32 Å². The second-order valence-corrected chi connectivity index (χ2v) is 11.0. The van der Waals surface area contributed by atoms with Crippen molar-refractivity contribution in [3.8, 4) is 11.1 Å². The minimum atomic E-state index is -3.26. The van der Waals surface area contributed by atoms with Crippen molar-refractivity contribution in [2.45, 2.75) is 42.9 Å². The van der Waals surface area contributed by atoms with Crippen molar-refractivity contribution in [2.75, 3.05) is 25.9 Å². The number of nitrogens with one attached hydrogen (secondary N) is 1. The van der Waals surface area contributed by atoms with Gasteiger partial charge < -0.3 is 25.2 Å². The van der Waals surface area contributed by atoms with Gasteiger partial charge in [0.15, 0.2) is 9.84 Å². The summed E-state index contributed by atoms with van der Waals surface area (Å²) in [7, 11) is -3.26. The summed E-state index contributed by atoms with van der Waals surface area (Å²) in [5, 5.41) is 22.7. The summed E-state index contributed by atoms with van der Waals surface area (Å²) in [4.78, 5) is 14.2. The molecule has 2 heterocycles. The van der Waals surface area contributed by atoms with Gasteiger partial charge in [0.2, 0.25) is 5.72 Å². The van der Waals surface area contributed by atoms with Crippen LogP contribution >= 0.6 is 0 Å². The summed E-state index contributed by atoms with van der Waals surface area (Å²) in [6, 6.07) is 14.1. The Morgan fingerprint density at radius 2 is 1.76 bits per heavy atom. The van der Waals surface area contributed by atoms with Crippen LogP contribution in [-0.2, 0) is 25.1 Å². The van der Waals surface area contributed by atoms with Crippen LogP contribution in [0.15, 0.2) is 64.9 Å². The summed E-state index contributed by atoms with van der Waals surface area (Å²) >= 11 is 0. The maximum atomic E-state index is 11.7. The second kappa shape index (κ2) is 9.40. The van der Waals surface area contributed by atoms with Crippen molar-refractivity contribution in [2.24, 2.45) is 0 Å². The van der Waals surface area contributed by atoms with Gasteiger partial charge in [-0.1, -0.05) is 36.4 Å². The fourth-order valence-electron chi connectivity index (χ4n) is 4.56. The smallest absolute Gasteiger partial charge is 0.309 e. The molecule has 3 N–H and O–H groups in total. The van der Waals surface area contributed by atoms with Gasteiger partial charge in [0, 0.05) is 37.9 Å². The van der Waals surface area contributed by atoms with Crippen molar-refractivity contribution < 1.29 is 28.2 Å². The van der Waals surface area contributed by atoms with Gasteiger partial charge in [0.05, 0.1) is 16.7 Å². The number of likely N-dealkylation sites (tertiary alicyclic amines) is 1. The SMILES string of the molecule is CC1=C(CCN2CC[C@H](O)C2)NC(CC(=O)O)(c2ccc(-c3ccc(S(C)(=O)=O)cc3)cc2)O1. The van der Waals surface area contributed by atoms with E-state index in [4.69, 9.17) is 4.74 Å². The average molecular weight is 487 g/mol. The maximum absolute atomic E-state index is 11.7. The van der Waals surface area contributed by atoms with E-state index in [0.717, 1.165) is 36.3 Å². The lowest BCUT2D eigenvalue weighted by molar-refractivity contribution is -0.144. The first kappa shape index (κ1) is 24.3. The van der Waals surface area contributed by atoms with Crippen molar-refractivity contribution >= 4 is 15.8 Å². The molecule has 1 saturated heterocycles. The molecule has 0 bridgehead atoms. The molecule has 34 heavy (non-hydrogen) atoms. The number of β-amino-alcohol motifs (C(OH)–C–C–N with tert-alkyl or cyclic N) is 1. The second-order valence-electron chi connectivity index (χ2n) is 9.03. The van der Waals surface area contributed by atoms with Gasteiger partial charge in [0.1, 0.15) is 12.2 Å². The average Bonchev–Trinajstić information content (AvgIpc) is 3.34. The molecule has 0 aliphatic carbocycles. The molecule has 1 unspecified atom stereocenters. The lowest BCUT2D eigenvalue weighted by Gasteiger charge is -2.30. The Labute approximate surface area is 199 Å². The molecule has 0 amide bonds. The fourth-order valence-corrected chi connectivity index (χ4v) is 5.19. The number of carbonyl (C=O) groups is 1. The number of aliphatic carboxylic acids is 1. The third kappa shape index (κ3) is 5.27. The zero-order valence-corrected chi connectivity index (χ0v) is 20.1. The quantitative estimate of drug-likeness (QED) is 0.522. The van der Waals surface area contributed by atoms with E-state index in [-0.39, 0.29) is 17.4 Å². The number of sulfone groups is 1. The zero-order valence-electron chi connectivity index (χ0n) is 19.3. The van der Waals surface area contributed by atoms with Crippen LogP contribution in [0.2, 0.25) is 0 Å². The Morgan fingerprint density at radius 1 is 1.15 bits per heavy atom. The molecule has 0 spiro atoms. The first-order valence-electron chi connectivity index (χ1n) is 11.3. The van der Waals surface area contributed by atoms with Crippen LogP contribution in [0.25, 0.3) is 11.1 Å². The van der Waals surface area contributed by atoms with E-state index in [1.165, 1.54) is 6.26 Å². The van der Waals surface area contributed by atoms with Crippen LogP contribution in [0.1, 0.15) is 31.7 Å². The molecule has 0 radical (unpaired) electrons. The summed E-state index contributed by atoms with van der Waals surface area (Å²) in [5.74, 6) is -0.314. The highest BCUT2D eigenvalue weighted by Crippen LogP contribution is 2.38. The largest absolute Gasteiger partial charge is 0.481 e. The normalized spacial score (nSPS) is 23.1. The number of hydrogen-bond acceptors (Lipinski definition) is 7. The molecule has 182 valence electrons. The van der Waals surface area contributed by atoms with E-state index >= 15 is 0 Å². The number of carboxylic acid groups (broad SMARTS) is 1. The molecular weight excluding hydrogens is 456 g/mol. The molecule has 1 fully saturated rings. The number of aliphatic hydroxyl groups excluding tert-OH is 1. The summed E-state index contributed by atoms with van der Waals surface area (Å²) in [5.41, 5.74) is 2.09. The molecular formula is C25H30N2O6S. The lowest BCUT2D eigenvalue weighted by Crippen LogP contribution is -2.41. The number of benzene rings is 2. The Hall–Kier alpha value is -2.88. The molecule has 9 heteroatoms.